The lowest BCUT2D eigenvalue weighted by Gasteiger charge is -2.30. The van der Waals surface area contributed by atoms with Gasteiger partial charge in [-0.05, 0) is 39.2 Å². The smallest absolute Gasteiger partial charge is 0.153 e. The Hall–Kier alpha value is -0.880. The third-order valence-electron chi connectivity index (χ3n) is 3.68. The number of rotatable bonds is 3. The summed E-state index contributed by atoms with van der Waals surface area (Å²) >= 11 is 0. The van der Waals surface area contributed by atoms with E-state index in [4.69, 9.17) is 0 Å². The van der Waals surface area contributed by atoms with Crippen LogP contribution in [0.3, 0.4) is 0 Å². The average Bonchev–Trinajstić information content (AvgIpc) is 2.81. The van der Waals surface area contributed by atoms with Crippen LogP contribution in [0.4, 0.5) is 0 Å². The van der Waals surface area contributed by atoms with Gasteiger partial charge in [0.2, 0.25) is 0 Å². The molecule has 5 nitrogen and oxygen atoms in total. The molecule has 1 aromatic rings. The molecule has 1 aromatic heterocycles. The Kier molecular flexibility index (Phi) is 3.27. The van der Waals surface area contributed by atoms with Crippen LogP contribution in [0, 0.1) is 0 Å². The maximum Gasteiger partial charge on any atom is 0.153 e. The number of sulfone groups is 1. The van der Waals surface area contributed by atoms with E-state index in [9.17, 15) is 13.5 Å². The largest absolute Gasteiger partial charge is 0.382 e. The molecule has 2 unspecified atom stereocenters. The summed E-state index contributed by atoms with van der Waals surface area (Å²) in [6.45, 7) is 3.93. The second kappa shape index (κ2) is 4.35. The van der Waals surface area contributed by atoms with Crippen LogP contribution in [0.5, 0.6) is 0 Å². The number of hydrogen-bond donors (Lipinski definition) is 1. The standard InChI is InChI=1S/C12H20N2O3S/c1-9(2)14-10(6-8-13-14)12(15)7-4-5-11(12)18(3,16)17/h6,8-9,11,15H,4-5,7H2,1-3H3. The van der Waals surface area contributed by atoms with Gasteiger partial charge in [0.15, 0.2) is 9.84 Å². The molecule has 0 saturated heterocycles. The second-order valence-corrected chi connectivity index (χ2v) is 7.62. The van der Waals surface area contributed by atoms with Crippen LogP contribution in [-0.2, 0) is 15.4 Å². The van der Waals surface area contributed by atoms with Gasteiger partial charge in [-0.3, -0.25) is 4.68 Å². The monoisotopic (exact) mass is 272 g/mol. The zero-order valence-corrected chi connectivity index (χ0v) is 11.8. The van der Waals surface area contributed by atoms with Gasteiger partial charge < -0.3 is 5.11 Å². The van der Waals surface area contributed by atoms with E-state index in [2.05, 4.69) is 5.10 Å². The maximum absolute atomic E-state index is 11.8. The third-order valence-corrected chi connectivity index (χ3v) is 5.34. The lowest BCUT2D eigenvalue weighted by Crippen LogP contribution is -2.41. The fraction of sp³-hybridized carbons (Fsp3) is 0.750. The zero-order chi connectivity index (χ0) is 13.6. The molecule has 1 saturated carbocycles. The van der Waals surface area contributed by atoms with Crippen molar-refractivity contribution in [2.45, 2.75) is 50.0 Å². The van der Waals surface area contributed by atoms with Crippen LogP contribution in [0.1, 0.15) is 44.8 Å². The second-order valence-electron chi connectivity index (χ2n) is 5.39. The SMILES string of the molecule is CC(C)n1nccc1C1(O)CCCC1S(C)(=O)=O. The minimum absolute atomic E-state index is 0.0971. The molecule has 2 rings (SSSR count). The summed E-state index contributed by atoms with van der Waals surface area (Å²) in [5, 5.41) is 14.3. The van der Waals surface area contributed by atoms with Crippen molar-refractivity contribution in [3.05, 3.63) is 18.0 Å². The van der Waals surface area contributed by atoms with E-state index in [1.165, 1.54) is 6.26 Å². The van der Waals surface area contributed by atoms with Crippen LogP contribution >= 0.6 is 0 Å². The van der Waals surface area contributed by atoms with Gasteiger partial charge in [0.05, 0.1) is 10.9 Å². The molecular formula is C12H20N2O3S. The van der Waals surface area contributed by atoms with Crippen LogP contribution < -0.4 is 0 Å². The molecular weight excluding hydrogens is 252 g/mol. The highest BCUT2D eigenvalue weighted by Crippen LogP contribution is 2.42. The molecule has 1 heterocycles. The van der Waals surface area contributed by atoms with Crippen molar-refractivity contribution in [3.63, 3.8) is 0 Å². The number of nitrogens with zero attached hydrogens (tertiary/aromatic N) is 2. The molecule has 0 bridgehead atoms. The molecule has 0 aliphatic heterocycles. The predicted octanol–water partition coefficient (Wildman–Crippen LogP) is 1.25. The summed E-state index contributed by atoms with van der Waals surface area (Å²) in [5.74, 6) is 0. The van der Waals surface area contributed by atoms with Crippen LogP contribution in [0.15, 0.2) is 12.3 Å². The molecule has 6 heteroatoms. The topological polar surface area (TPSA) is 72.2 Å². The van der Waals surface area contributed by atoms with Crippen molar-refractivity contribution < 1.29 is 13.5 Å². The predicted molar refractivity (Wildman–Crippen MR) is 69.0 cm³/mol. The van der Waals surface area contributed by atoms with E-state index in [0.717, 1.165) is 6.42 Å². The molecule has 0 radical (unpaired) electrons. The highest BCUT2D eigenvalue weighted by Gasteiger charge is 2.49. The Balaban J connectivity index is 2.50. The summed E-state index contributed by atoms with van der Waals surface area (Å²) in [6.07, 6.45) is 4.52. The highest BCUT2D eigenvalue weighted by molar-refractivity contribution is 7.91. The van der Waals surface area contributed by atoms with Gasteiger partial charge in [0.25, 0.3) is 0 Å². The Morgan fingerprint density at radius 2 is 2.22 bits per heavy atom. The zero-order valence-electron chi connectivity index (χ0n) is 11.0. The Morgan fingerprint density at radius 1 is 1.56 bits per heavy atom. The molecule has 102 valence electrons. The van der Waals surface area contributed by atoms with Crippen molar-refractivity contribution in [2.24, 2.45) is 0 Å². The van der Waals surface area contributed by atoms with Gasteiger partial charge in [-0.2, -0.15) is 5.10 Å². The summed E-state index contributed by atoms with van der Waals surface area (Å²) in [7, 11) is -3.27. The number of aliphatic hydroxyl groups is 1. The normalized spacial score (nSPS) is 29.1. The van der Waals surface area contributed by atoms with Gasteiger partial charge in [-0.25, -0.2) is 8.42 Å². The Labute approximate surface area is 108 Å². The summed E-state index contributed by atoms with van der Waals surface area (Å²) in [6, 6.07) is 1.82. The molecule has 1 aliphatic carbocycles. The van der Waals surface area contributed by atoms with Crippen molar-refractivity contribution in [2.75, 3.05) is 6.26 Å². The third kappa shape index (κ3) is 2.07. The highest BCUT2D eigenvalue weighted by atomic mass is 32.2. The first-order chi connectivity index (χ1) is 8.27. The van der Waals surface area contributed by atoms with Gasteiger partial charge in [0, 0.05) is 18.5 Å². The molecule has 0 amide bonds. The molecule has 0 spiro atoms. The first kappa shape index (κ1) is 13.5. The van der Waals surface area contributed by atoms with E-state index in [0.29, 0.717) is 18.5 Å². The van der Waals surface area contributed by atoms with Gasteiger partial charge in [0.1, 0.15) is 5.60 Å². The van der Waals surface area contributed by atoms with Crippen LogP contribution in [-0.4, -0.2) is 34.8 Å². The van der Waals surface area contributed by atoms with Crippen molar-refractivity contribution in [1.82, 2.24) is 9.78 Å². The van der Waals surface area contributed by atoms with Crippen molar-refractivity contribution in [3.8, 4) is 0 Å². The molecule has 1 N–H and O–H groups in total. The van der Waals surface area contributed by atoms with E-state index < -0.39 is 20.7 Å². The number of aromatic nitrogens is 2. The first-order valence-corrected chi connectivity index (χ1v) is 8.17. The molecule has 18 heavy (non-hydrogen) atoms. The fourth-order valence-electron chi connectivity index (χ4n) is 2.89. The van der Waals surface area contributed by atoms with E-state index in [1.807, 2.05) is 13.8 Å². The van der Waals surface area contributed by atoms with Crippen molar-refractivity contribution in [1.29, 1.82) is 0 Å². The molecule has 0 aromatic carbocycles. The van der Waals surface area contributed by atoms with E-state index in [-0.39, 0.29) is 6.04 Å². The van der Waals surface area contributed by atoms with Crippen LogP contribution in [0.25, 0.3) is 0 Å². The van der Waals surface area contributed by atoms with Gasteiger partial charge >= 0.3 is 0 Å². The summed E-state index contributed by atoms with van der Waals surface area (Å²) in [5.41, 5.74) is -0.681. The quantitative estimate of drug-likeness (QED) is 0.899. The van der Waals surface area contributed by atoms with E-state index in [1.54, 1.807) is 16.9 Å². The molecule has 1 aliphatic rings. The Morgan fingerprint density at radius 3 is 2.78 bits per heavy atom. The van der Waals surface area contributed by atoms with Gasteiger partial charge in [-0.15, -0.1) is 0 Å². The minimum Gasteiger partial charge on any atom is -0.382 e. The van der Waals surface area contributed by atoms with E-state index >= 15 is 0 Å². The fourth-order valence-corrected chi connectivity index (χ4v) is 4.43. The first-order valence-electron chi connectivity index (χ1n) is 6.22. The molecule has 1 fully saturated rings. The van der Waals surface area contributed by atoms with Crippen molar-refractivity contribution >= 4 is 9.84 Å². The van der Waals surface area contributed by atoms with Crippen LogP contribution in [0.2, 0.25) is 0 Å². The maximum atomic E-state index is 11.8. The van der Waals surface area contributed by atoms with Gasteiger partial charge in [-0.1, -0.05) is 0 Å². The lowest BCUT2D eigenvalue weighted by molar-refractivity contribution is 0.0370. The molecule has 2 atom stereocenters. The lowest BCUT2D eigenvalue weighted by atomic mass is 9.97. The summed E-state index contributed by atoms with van der Waals surface area (Å²) < 4.78 is 25.4. The average molecular weight is 272 g/mol. The Bertz CT molecular complexity index is 535. The minimum atomic E-state index is -3.27. The summed E-state index contributed by atoms with van der Waals surface area (Å²) in [4.78, 5) is 0. The number of hydrogen-bond acceptors (Lipinski definition) is 4.